The fourth-order valence-electron chi connectivity index (χ4n) is 2.55. The maximum Gasteiger partial charge on any atom is 0.107 e. The minimum atomic E-state index is 0.777. The maximum absolute atomic E-state index is 6.29. The Balaban J connectivity index is 2.16. The van der Waals surface area contributed by atoms with E-state index in [2.05, 4.69) is 35.9 Å². The lowest BCUT2D eigenvalue weighted by atomic mass is 10.0. The van der Waals surface area contributed by atoms with Crippen molar-refractivity contribution in [3.05, 3.63) is 52.8 Å². The number of aryl methyl sites for hydroxylation is 2. The van der Waals surface area contributed by atoms with E-state index in [0.717, 1.165) is 45.8 Å². The smallest absolute Gasteiger partial charge is 0.107 e. The molecule has 0 atom stereocenters. The number of imidazole rings is 1. The molecule has 0 aliphatic heterocycles. The highest BCUT2D eigenvalue weighted by Gasteiger charge is 2.09. The topological polar surface area (TPSA) is 28.7 Å². The minimum absolute atomic E-state index is 0.777. The predicted octanol–water partition coefficient (Wildman–Crippen LogP) is 5.14. The van der Waals surface area contributed by atoms with Crippen LogP contribution in [0.25, 0.3) is 22.2 Å². The zero-order valence-electron chi connectivity index (χ0n) is 11.7. The van der Waals surface area contributed by atoms with Gasteiger partial charge in [0.15, 0.2) is 0 Å². The number of H-pyrrole nitrogens is 1. The number of benzene rings is 2. The average molecular weight is 285 g/mol. The fraction of sp³-hybridized carbons (Fsp3) is 0.235. The summed E-state index contributed by atoms with van der Waals surface area (Å²) in [6.07, 6.45) is 2.08. The average Bonchev–Trinajstić information content (AvgIpc) is 2.83. The molecule has 3 aromatic rings. The second-order valence-corrected chi connectivity index (χ2v) is 5.51. The molecule has 0 amide bonds. The third-order valence-electron chi connectivity index (χ3n) is 3.50. The van der Waals surface area contributed by atoms with Crippen LogP contribution in [0.15, 0.2) is 36.4 Å². The molecular formula is C17H17ClN2. The lowest BCUT2D eigenvalue weighted by Gasteiger charge is -2.06. The Labute approximate surface area is 123 Å². The van der Waals surface area contributed by atoms with Gasteiger partial charge in [-0.1, -0.05) is 36.7 Å². The summed E-state index contributed by atoms with van der Waals surface area (Å²) >= 11 is 6.29. The van der Waals surface area contributed by atoms with Crippen molar-refractivity contribution in [1.82, 2.24) is 9.97 Å². The summed E-state index contributed by atoms with van der Waals surface area (Å²) in [4.78, 5) is 8.08. The van der Waals surface area contributed by atoms with E-state index < -0.39 is 0 Å². The molecule has 1 heterocycles. The molecule has 0 saturated heterocycles. The van der Waals surface area contributed by atoms with Crippen LogP contribution < -0.4 is 0 Å². The summed E-state index contributed by atoms with van der Waals surface area (Å²) in [7, 11) is 0. The Morgan fingerprint density at radius 2 is 2.00 bits per heavy atom. The van der Waals surface area contributed by atoms with Crippen LogP contribution >= 0.6 is 11.6 Å². The third-order valence-corrected chi connectivity index (χ3v) is 3.83. The Morgan fingerprint density at radius 1 is 1.20 bits per heavy atom. The quantitative estimate of drug-likeness (QED) is 0.708. The van der Waals surface area contributed by atoms with Crippen molar-refractivity contribution < 1.29 is 0 Å². The lowest BCUT2D eigenvalue weighted by molar-refractivity contribution is 0.861. The van der Waals surface area contributed by atoms with E-state index in [-0.39, 0.29) is 0 Å². The fourth-order valence-corrected chi connectivity index (χ4v) is 2.79. The summed E-state index contributed by atoms with van der Waals surface area (Å²) in [5.41, 5.74) is 5.52. The van der Waals surface area contributed by atoms with Gasteiger partial charge >= 0.3 is 0 Å². The number of fused-ring (bicyclic) bond motifs is 1. The number of hydrogen-bond acceptors (Lipinski definition) is 1. The first-order valence-corrected chi connectivity index (χ1v) is 7.31. The first kappa shape index (κ1) is 13.2. The van der Waals surface area contributed by atoms with Gasteiger partial charge in [-0.3, -0.25) is 0 Å². The molecule has 0 aliphatic rings. The molecule has 102 valence electrons. The van der Waals surface area contributed by atoms with Crippen LogP contribution in [-0.2, 0) is 6.42 Å². The van der Waals surface area contributed by atoms with Gasteiger partial charge in [-0.05, 0) is 42.7 Å². The molecule has 2 aromatic carbocycles. The number of halogens is 1. The second-order valence-electron chi connectivity index (χ2n) is 5.10. The molecule has 0 aliphatic carbocycles. The van der Waals surface area contributed by atoms with Gasteiger partial charge in [0.1, 0.15) is 5.82 Å². The molecule has 2 nitrogen and oxygen atoms in total. The van der Waals surface area contributed by atoms with Crippen LogP contribution in [0.2, 0.25) is 5.02 Å². The first-order valence-electron chi connectivity index (χ1n) is 6.93. The molecule has 0 spiro atoms. The first-order chi connectivity index (χ1) is 9.69. The number of aromatic amines is 1. The monoisotopic (exact) mass is 284 g/mol. The standard InChI is InChI=1S/C17H17ClN2/c1-3-6-16-19-15-10-12(9-11(2)17(15)20-16)13-7-4-5-8-14(13)18/h4-5,7-10H,3,6H2,1-2H3,(H,19,20). The van der Waals surface area contributed by atoms with Gasteiger partial charge in [0, 0.05) is 17.0 Å². The molecule has 0 saturated carbocycles. The van der Waals surface area contributed by atoms with Crippen LogP contribution in [0.4, 0.5) is 0 Å². The van der Waals surface area contributed by atoms with Crippen molar-refractivity contribution >= 4 is 22.6 Å². The molecule has 0 unspecified atom stereocenters. The zero-order chi connectivity index (χ0) is 14.1. The van der Waals surface area contributed by atoms with E-state index in [0.29, 0.717) is 0 Å². The van der Waals surface area contributed by atoms with Crippen molar-refractivity contribution in [1.29, 1.82) is 0 Å². The summed E-state index contributed by atoms with van der Waals surface area (Å²) in [6.45, 7) is 4.26. The second kappa shape index (κ2) is 5.29. The van der Waals surface area contributed by atoms with Gasteiger partial charge in [0.25, 0.3) is 0 Å². The van der Waals surface area contributed by atoms with E-state index in [9.17, 15) is 0 Å². The Kier molecular flexibility index (Phi) is 3.49. The van der Waals surface area contributed by atoms with Gasteiger partial charge in [-0.15, -0.1) is 0 Å². The largest absolute Gasteiger partial charge is 0.342 e. The minimum Gasteiger partial charge on any atom is -0.342 e. The highest BCUT2D eigenvalue weighted by Crippen LogP contribution is 2.31. The lowest BCUT2D eigenvalue weighted by Crippen LogP contribution is -1.84. The van der Waals surface area contributed by atoms with Gasteiger partial charge in [0.05, 0.1) is 11.0 Å². The molecule has 1 N–H and O–H groups in total. The molecule has 0 fully saturated rings. The van der Waals surface area contributed by atoms with Crippen LogP contribution in [0.3, 0.4) is 0 Å². The summed E-state index contributed by atoms with van der Waals surface area (Å²) in [5.74, 6) is 1.06. The highest BCUT2D eigenvalue weighted by molar-refractivity contribution is 6.33. The Morgan fingerprint density at radius 3 is 2.75 bits per heavy atom. The van der Waals surface area contributed by atoms with E-state index in [1.54, 1.807) is 0 Å². The molecule has 20 heavy (non-hydrogen) atoms. The van der Waals surface area contributed by atoms with E-state index >= 15 is 0 Å². The number of nitrogens with zero attached hydrogens (tertiary/aromatic N) is 1. The molecule has 3 rings (SSSR count). The van der Waals surface area contributed by atoms with Gasteiger partial charge in [0.2, 0.25) is 0 Å². The summed E-state index contributed by atoms with van der Waals surface area (Å²) < 4.78 is 0. The van der Waals surface area contributed by atoms with Crippen molar-refractivity contribution in [2.75, 3.05) is 0 Å². The van der Waals surface area contributed by atoms with Gasteiger partial charge < -0.3 is 4.98 Å². The maximum atomic E-state index is 6.29. The summed E-state index contributed by atoms with van der Waals surface area (Å²) in [5, 5.41) is 0.777. The Hall–Kier alpha value is -1.80. The van der Waals surface area contributed by atoms with Crippen LogP contribution in [-0.4, -0.2) is 9.97 Å². The Bertz CT molecular complexity index is 759. The number of nitrogens with one attached hydrogen (secondary N) is 1. The van der Waals surface area contributed by atoms with E-state index in [4.69, 9.17) is 11.6 Å². The van der Waals surface area contributed by atoms with E-state index in [1.165, 1.54) is 5.56 Å². The van der Waals surface area contributed by atoms with Gasteiger partial charge in [-0.2, -0.15) is 0 Å². The summed E-state index contributed by atoms with van der Waals surface area (Å²) in [6, 6.07) is 12.2. The zero-order valence-corrected chi connectivity index (χ0v) is 12.5. The SMILES string of the molecule is CCCc1nc2c(C)cc(-c3ccccc3Cl)cc2[nH]1. The van der Waals surface area contributed by atoms with E-state index in [1.807, 2.05) is 24.3 Å². The normalized spacial score (nSPS) is 11.2. The highest BCUT2D eigenvalue weighted by atomic mass is 35.5. The molecular weight excluding hydrogens is 268 g/mol. The molecule has 0 radical (unpaired) electrons. The number of rotatable bonds is 3. The number of hydrogen-bond donors (Lipinski definition) is 1. The van der Waals surface area contributed by atoms with Crippen LogP contribution in [0.1, 0.15) is 24.7 Å². The van der Waals surface area contributed by atoms with Crippen molar-refractivity contribution in [3.8, 4) is 11.1 Å². The van der Waals surface area contributed by atoms with Crippen molar-refractivity contribution in [2.45, 2.75) is 26.7 Å². The van der Waals surface area contributed by atoms with Gasteiger partial charge in [-0.25, -0.2) is 4.98 Å². The van der Waals surface area contributed by atoms with Crippen molar-refractivity contribution in [3.63, 3.8) is 0 Å². The molecule has 3 heteroatoms. The van der Waals surface area contributed by atoms with Crippen LogP contribution in [0, 0.1) is 6.92 Å². The van der Waals surface area contributed by atoms with Crippen molar-refractivity contribution in [2.24, 2.45) is 0 Å². The van der Waals surface area contributed by atoms with Crippen LogP contribution in [0.5, 0.6) is 0 Å². The predicted molar refractivity (Wildman–Crippen MR) is 85.3 cm³/mol. The number of aromatic nitrogens is 2. The third kappa shape index (κ3) is 2.32. The molecule has 1 aromatic heterocycles. The molecule has 0 bridgehead atoms.